The molecule has 3 nitrogen and oxygen atoms in total. The second-order valence-electron chi connectivity index (χ2n) is 5.06. The SMILES string of the molecule is CCNC(C)c1ccc(OCc2ccc(Br)cn2)c(C)c1. The molecule has 4 heteroatoms. The van der Waals surface area contributed by atoms with Gasteiger partial charge in [-0.2, -0.15) is 0 Å². The Bertz CT molecular complexity index is 584. The fourth-order valence-corrected chi connectivity index (χ4v) is 2.41. The van der Waals surface area contributed by atoms with Crippen LogP contribution in [0.15, 0.2) is 41.0 Å². The first-order valence-corrected chi connectivity index (χ1v) is 7.96. The van der Waals surface area contributed by atoms with Crippen LogP contribution >= 0.6 is 15.9 Å². The zero-order valence-corrected chi connectivity index (χ0v) is 14.3. The lowest BCUT2D eigenvalue weighted by Gasteiger charge is -2.15. The van der Waals surface area contributed by atoms with Gasteiger partial charge in [-0.25, -0.2) is 0 Å². The molecule has 0 bridgehead atoms. The number of aromatic nitrogens is 1. The molecule has 0 saturated heterocycles. The second-order valence-corrected chi connectivity index (χ2v) is 5.98. The number of ether oxygens (including phenoxy) is 1. The van der Waals surface area contributed by atoms with E-state index in [1.54, 1.807) is 6.20 Å². The highest BCUT2D eigenvalue weighted by atomic mass is 79.9. The van der Waals surface area contributed by atoms with Crippen molar-refractivity contribution in [3.8, 4) is 5.75 Å². The van der Waals surface area contributed by atoms with E-state index in [9.17, 15) is 0 Å². The number of hydrogen-bond acceptors (Lipinski definition) is 3. The lowest BCUT2D eigenvalue weighted by Crippen LogP contribution is -2.17. The molecule has 2 rings (SSSR count). The fourth-order valence-electron chi connectivity index (χ4n) is 2.17. The molecule has 112 valence electrons. The minimum Gasteiger partial charge on any atom is -0.487 e. The van der Waals surface area contributed by atoms with E-state index in [0.717, 1.165) is 28.0 Å². The van der Waals surface area contributed by atoms with Crippen molar-refractivity contribution < 1.29 is 4.74 Å². The minimum atomic E-state index is 0.357. The predicted octanol–water partition coefficient (Wildman–Crippen LogP) is 4.40. The third-order valence-electron chi connectivity index (χ3n) is 3.37. The summed E-state index contributed by atoms with van der Waals surface area (Å²) in [6, 6.07) is 10.6. The highest BCUT2D eigenvalue weighted by molar-refractivity contribution is 9.10. The van der Waals surface area contributed by atoms with Gasteiger partial charge in [-0.1, -0.05) is 19.1 Å². The second kappa shape index (κ2) is 7.57. The predicted molar refractivity (Wildman–Crippen MR) is 89.5 cm³/mol. The Labute approximate surface area is 134 Å². The largest absolute Gasteiger partial charge is 0.487 e. The molecule has 2 aromatic rings. The third-order valence-corrected chi connectivity index (χ3v) is 3.84. The van der Waals surface area contributed by atoms with Gasteiger partial charge in [0.2, 0.25) is 0 Å². The number of benzene rings is 1. The first-order chi connectivity index (χ1) is 10.1. The van der Waals surface area contributed by atoms with E-state index >= 15 is 0 Å². The standard InChI is InChI=1S/C17H21BrN2O/c1-4-19-13(3)14-5-8-17(12(2)9-14)21-11-16-7-6-15(18)10-20-16/h5-10,13,19H,4,11H2,1-3H3. The van der Waals surface area contributed by atoms with Crippen molar-refractivity contribution in [2.45, 2.75) is 33.4 Å². The Hall–Kier alpha value is -1.39. The van der Waals surface area contributed by atoms with Crippen LogP contribution in [0, 0.1) is 6.92 Å². The molecular formula is C17H21BrN2O. The molecule has 1 N–H and O–H groups in total. The maximum absolute atomic E-state index is 5.86. The van der Waals surface area contributed by atoms with E-state index in [-0.39, 0.29) is 0 Å². The smallest absolute Gasteiger partial charge is 0.130 e. The molecule has 0 saturated carbocycles. The van der Waals surface area contributed by atoms with Gasteiger partial charge in [-0.15, -0.1) is 0 Å². The number of nitrogens with zero attached hydrogens (tertiary/aromatic N) is 1. The molecule has 1 heterocycles. The van der Waals surface area contributed by atoms with Crippen molar-refractivity contribution in [1.29, 1.82) is 0 Å². The molecule has 0 aliphatic carbocycles. The molecule has 1 unspecified atom stereocenters. The van der Waals surface area contributed by atoms with E-state index in [1.165, 1.54) is 5.56 Å². The summed E-state index contributed by atoms with van der Waals surface area (Å²) < 4.78 is 6.84. The van der Waals surface area contributed by atoms with Crippen molar-refractivity contribution in [3.05, 3.63) is 57.8 Å². The van der Waals surface area contributed by atoms with Gasteiger partial charge in [0.25, 0.3) is 0 Å². The van der Waals surface area contributed by atoms with Crippen LogP contribution in [0.1, 0.15) is 36.7 Å². The Morgan fingerprint density at radius 3 is 2.71 bits per heavy atom. The van der Waals surface area contributed by atoms with Crippen LogP contribution < -0.4 is 10.1 Å². The van der Waals surface area contributed by atoms with Crippen LogP contribution in [-0.2, 0) is 6.61 Å². The van der Waals surface area contributed by atoms with Crippen molar-refractivity contribution in [3.63, 3.8) is 0 Å². The Balaban J connectivity index is 2.02. The fraction of sp³-hybridized carbons (Fsp3) is 0.353. The van der Waals surface area contributed by atoms with Crippen molar-refractivity contribution in [2.24, 2.45) is 0 Å². The average Bonchev–Trinajstić information content (AvgIpc) is 2.48. The first-order valence-electron chi connectivity index (χ1n) is 7.17. The maximum atomic E-state index is 5.86. The monoisotopic (exact) mass is 348 g/mol. The summed E-state index contributed by atoms with van der Waals surface area (Å²) in [6.45, 7) is 7.81. The number of rotatable bonds is 6. The highest BCUT2D eigenvalue weighted by Crippen LogP contribution is 2.23. The van der Waals surface area contributed by atoms with Gasteiger partial charge in [0.1, 0.15) is 12.4 Å². The number of halogens is 1. The van der Waals surface area contributed by atoms with Gasteiger partial charge >= 0.3 is 0 Å². The molecule has 0 amide bonds. The Morgan fingerprint density at radius 2 is 2.10 bits per heavy atom. The average molecular weight is 349 g/mol. The number of nitrogens with one attached hydrogen (secondary N) is 1. The number of hydrogen-bond donors (Lipinski definition) is 1. The van der Waals surface area contributed by atoms with Crippen LogP contribution in [0.25, 0.3) is 0 Å². The highest BCUT2D eigenvalue weighted by Gasteiger charge is 2.07. The van der Waals surface area contributed by atoms with Crippen molar-refractivity contribution >= 4 is 15.9 Å². The molecular weight excluding hydrogens is 328 g/mol. The summed E-state index contributed by atoms with van der Waals surface area (Å²) in [5.41, 5.74) is 3.35. The van der Waals surface area contributed by atoms with E-state index in [2.05, 4.69) is 59.1 Å². The molecule has 1 aromatic heterocycles. The maximum Gasteiger partial charge on any atom is 0.130 e. The Morgan fingerprint density at radius 1 is 1.29 bits per heavy atom. The molecule has 1 atom stereocenters. The molecule has 21 heavy (non-hydrogen) atoms. The van der Waals surface area contributed by atoms with Crippen LogP contribution in [0.5, 0.6) is 5.75 Å². The summed E-state index contributed by atoms with van der Waals surface area (Å²) >= 11 is 3.38. The summed E-state index contributed by atoms with van der Waals surface area (Å²) in [7, 11) is 0. The number of aryl methyl sites for hydroxylation is 1. The van der Waals surface area contributed by atoms with Crippen LogP contribution in [0.3, 0.4) is 0 Å². The lowest BCUT2D eigenvalue weighted by molar-refractivity contribution is 0.299. The summed E-state index contributed by atoms with van der Waals surface area (Å²) in [6.07, 6.45) is 1.78. The number of pyridine rings is 1. The van der Waals surface area contributed by atoms with Gasteiger partial charge in [0.15, 0.2) is 0 Å². The third kappa shape index (κ3) is 4.55. The minimum absolute atomic E-state index is 0.357. The quantitative estimate of drug-likeness (QED) is 0.839. The van der Waals surface area contributed by atoms with Crippen LogP contribution in [0.4, 0.5) is 0 Å². The van der Waals surface area contributed by atoms with E-state index in [4.69, 9.17) is 4.74 Å². The van der Waals surface area contributed by atoms with Gasteiger partial charge in [-0.3, -0.25) is 4.98 Å². The molecule has 0 aliphatic heterocycles. The van der Waals surface area contributed by atoms with Gasteiger partial charge < -0.3 is 10.1 Å². The van der Waals surface area contributed by atoms with Crippen molar-refractivity contribution in [2.75, 3.05) is 6.54 Å². The van der Waals surface area contributed by atoms with Gasteiger partial charge in [0.05, 0.1) is 5.69 Å². The molecule has 0 aliphatic rings. The molecule has 0 radical (unpaired) electrons. The molecule has 1 aromatic carbocycles. The zero-order chi connectivity index (χ0) is 15.2. The van der Waals surface area contributed by atoms with E-state index in [1.807, 2.05) is 18.2 Å². The van der Waals surface area contributed by atoms with E-state index < -0.39 is 0 Å². The zero-order valence-electron chi connectivity index (χ0n) is 12.7. The van der Waals surface area contributed by atoms with Crippen LogP contribution in [0.2, 0.25) is 0 Å². The lowest BCUT2D eigenvalue weighted by atomic mass is 10.1. The first kappa shape index (κ1) is 16.0. The van der Waals surface area contributed by atoms with Crippen molar-refractivity contribution in [1.82, 2.24) is 10.3 Å². The summed E-state index contributed by atoms with van der Waals surface area (Å²) in [5, 5.41) is 3.42. The van der Waals surface area contributed by atoms with Gasteiger partial charge in [0, 0.05) is 16.7 Å². The topological polar surface area (TPSA) is 34.1 Å². The summed E-state index contributed by atoms with van der Waals surface area (Å²) in [4.78, 5) is 4.31. The van der Waals surface area contributed by atoms with Gasteiger partial charge in [-0.05, 0) is 65.6 Å². The van der Waals surface area contributed by atoms with E-state index in [0.29, 0.717) is 12.6 Å². The summed E-state index contributed by atoms with van der Waals surface area (Å²) in [5.74, 6) is 0.909. The molecule has 0 fully saturated rings. The Kier molecular flexibility index (Phi) is 5.76. The van der Waals surface area contributed by atoms with Crippen LogP contribution in [-0.4, -0.2) is 11.5 Å². The molecule has 0 spiro atoms. The normalized spacial score (nSPS) is 12.2.